The monoisotopic (exact) mass is 469 g/mol. The van der Waals surface area contributed by atoms with Crippen molar-refractivity contribution in [2.75, 3.05) is 19.0 Å². The van der Waals surface area contributed by atoms with E-state index in [0.29, 0.717) is 18.1 Å². The van der Waals surface area contributed by atoms with Gasteiger partial charge in [0, 0.05) is 11.6 Å². The number of hydrogen-bond acceptors (Lipinski definition) is 7. The fourth-order valence-electron chi connectivity index (χ4n) is 4.26. The second kappa shape index (κ2) is 9.25. The number of carbonyl (C=O) groups excluding carboxylic acids is 1. The van der Waals surface area contributed by atoms with Crippen LogP contribution in [0.3, 0.4) is 0 Å². The van der Waals surface area contributed by atoms with Crippen LogP contribution < -0.4 is 10.1 Å². The Morgan fingerprint density at radius 1 is 1.03 bits per heavy atom. The summed E-state index contributed by atoms with van der Waals surface area (Å²) >= 11 is 0. The van der Waals surface area contributed by atoms with E-state index in [4.69, 9.17) is 14.0 Å². The molecular weight excluding hydrogens is 442 g/mol. The number of ether oxygens (including phenoxy) is 2. The first kappa shape index (κ1) is 22.7. The second-order valence-electron chi connectivity index (χ2n) is 8.67. The number of rotatable bonds is 8. The van der Waals surface area contributed by atoms with E-state index in [1.165, 1.54) is 0 Å². The quantitative estimate of drug-likeness (QED) is 0.314. The van der Waals surface area contributed by atoms with Gasteiger partial charge < -0.3 is 19.3 Å². The Bertz CT molecular complexity index is 1340. The third-order valence-electron chi connectivity index (χ3n) is 6.42. The lowest BCUT2D eigenvalue weighted by molar-refractivity contribution is -0.146. The van der Waals surface area contributed by atoms with E-state index < -0.39 is 5.41 Å². The molecule has 0 unspecified atom stereocenters. The molecule has 0 spiro atoms. The zero-order valence-corrected chi connectivity index (χ0v) is 20.0. The second-order valence-corrected chi connectivity index (χ2v) is 8.67. The maximum atomic E-state index is 12.4. The van der Waals surface area contributed by atoms with Crippen molar-refractivity contribution in [1.29, 1.82) is 0 Å². The molecule has 1 aliphatic carbocycles. The van der Waals surface area contributed by atoms with Crippen LogP contribution in [0, 0.1) is 6.92 Å². The minimum atomic E-state index is -0.454. The maximum Gasteiger partial charge on any atom is 0.316 e. The molecule has 5 rings (SSSR count). The lowest BCUT2D eigenvalue weighted by Gasteiger charge is -2.14. The molecule has 0 amide bonds. The summed E-state index contributed by atoms with van der Waals surface area (Å²) in [7, 11) is 1.61. The zero-order valence-electron chi connectivity index (χ0n) is 20.0. The molecule has 2 aromatic carbocycles. The van der Waals surface area contributed by atoms with Gasteiger partial charge in [0.05, 0.1) is 37.2 Å². The summed E-state index contributed by atoms with van der Waals surface area (Å²) in [6, 6.07) is 18.2. The Morgan fingerprint density at radius 3 is 2.31 bits per heavy atom. The summed E-state index contributed by atoms with van der Waals surface area (Å²) in [6.45, 7) is 4.14. The highest BCUT2D eigenvalue weighted by Gasteiger charge is 2.52. The Labute approximate surface area is 204 Å². The highest BCUT2D eigenvalue weighted by atomic mass is 16.5. The molecule has 35 heavy (non-hydrogen) atoms. The van der Waals surface area contributed by atoms with Crippen LogP contribution in [0.15, 0.2) is 71.5 Å². The fraction of sp³-hybridized carbons (Fsp3) is 0.250. The number of nitrogens with zero attached hydrogens (tertiary/aromatic N) is 2. The minimum absolute atomic E-state index is 0.117. The summed E-state index contributed by atoms with van der Waals surface area (Å²) in [4.78, 5) is 16.6. The Hall–Kier alpha value is -4.13. The predicted molar refractivity (Wildman–Crippen MR) is 134 cm³/mol. The van der Waals surface area contributed by atoms with Crippen LogP contribution in [0.4, 0.5) is 11.4 Å². The van der Waals surface area contributed by atoms with Gasteiger partial charge in [0.1, 0.15) is 17.1 Å². The van der Waals surface area contributed by atoms with E-state index in [1.807, 2.05) is 44.2 Å². The number of aryl methyl sites for hydroxylation is 1. The van der Waals surface area contributed by atoms with Gasteiger partial charge in [-0.2, -0.15) is 0 Å². The molecule has 0 radical (unpaired) electrons. The van der Waals surface area contributed by atoms with Crippen molar-refractivity contribution < 1.29 is 18.8 Å². The normalized spacial score (nSPS) is 13.8. The van der Waals surface area contributed by atoms with Crippen molar-refractivity contribution in [2.24, 2.45) is 0 Å². The lowest BCUT2D eigenvalue weighted by atomic mass is 9.93. The fourth-order valence-corrected chi connectivity index (χ4v) is 4.26. The van der Waals surface area contributed by atoms with Crippen LogP contribution in [0.2, 0.25) is 0 Å². The number of anilines is 2. The largest absolute Gasteiger partial charge is 0.495 e. The number of esters is 1. The lowest BCUT2D eigenvalue weighted by Crippen LogP contribution is -2.23. The van der Waals surface area contributed by atoms with Crippen molar-refractivity contribution in [3.05, 3.63) is 78.2 Å². The first-order valence-electron chi connectivity index (χ1n) is 11.6. The average molecular weight is 470 g/mol. The van der Waals surface area contributed by atoms with Gasteiger partial charge in [0.2, 0.25) is 0 Å². The van der Waals surface area contributed by atoms with Crippen LogP contribution in [-0.2, 0) is 14.9 Å². The Balaban J connectivity index is 1.36. The summed E-state index contributed by atoms with van der Waals surface area (Å²) in [5, 5.41) is 7.50. The van der Waals surface area contributed by atoms with Gasteiger partial charge in [0.25, 0.3) is 0 Å². The molecule has 0 saturated heterocycles. The van der Waals surface area contributed by atoms with Gasteiger partial charge in [0.15, 0.2) is 5.76 Å². The van der Waals surface area contributed by atoms with Gasteiger partial charge in [-0.3, -0.25) is 9.78 Å². The molecule has 7 heteroatoms. The van der Waals surface area contributed by atoms with E-state index in [1.54, 1.807) is 19.5 Å². The topological polar surface area (TPSA) is 86.5 Å². The number of nitrogens with one attached hydrogen (secondary N) is 1. The van der Waals surface area contributed by atoms with Crippen molar-refractivity contribution >= 4 is 17.3 Å². The van der Waals surface area contributed by atoms with Crippen molar-refractivity contribution in [3.8, 4) is 28.2 Å². The van der Waals surface area contributed by atoms with E-state index in [9.17, 15) is 4.79 Å². The third kappa shape index (κ3) is 4.37. The van der Waals surface area contributed by atoms with Gasteiger partial charge in [-0.1, -0.05) is 53.7 Å². The molecule has 0 aliphatic heterocycles. The summed E-state index contributed by atoms with van der Waals surface area (Å²) in [6.07, 6.45) is 5.07. The molecule has 7 nitrogen and oxygen atoms in total. The van der Waals surface area contributed by atoms with Crippen LogP contribution >= 0.6 is 0 Å². The molecular formula is C28H27N3O4. The number of benzene rings is 2. The van der Waals surface area contributed by atoms with E-state index in [2.05, 4.69) is 39.7 Å². The molecule has 1 aliphatic rings. The van der Waals surface area contributed by atoms with Crippen LogP contribution in [0.1, 0.15) is 31.0 Å². The Morgan fingerprint density at radius 2 is 1.69 bits per heavy atom. The minimum Gasteiger partial charge on any atom is -0.495 e. The first-order valence-corrected chi connectivity index (χ1v) is 11.6. The highest BCUT2D eigenvalue weighted by molar-refractivity contribution is 5.87. The number of carbonyl (C=O) groups is 1. The van der Waals surface area contributed by atoms with Crippen LogP contribution in [-0.4, -0.2) is 29.8 Å². The van der Waals surface area contributed by atoms with Crippen molar-refractivity contribution in [1.82, 2.24) is 10.1 Å². The molecule has 1 N–H and O–H groups in total. The maximum absolute atomic E-state index is 12.4. The zero-order chi connectivity index (χ0) is 24.4. The van der Waals surface area contributed by atoms with Gasteiger partial charge in [-0.05, 0) is 43.4 Å². The summed E-state index contributed by atoms with van der Waals surface area (Å²) in [5.74, 6) is 1.20. The standard InChI is InChI=1S/C28H27N3O4/c1-4-34-27(32)28(13-14-28)22-11-9-20(10-12-22)19-5-7-21(8-6-19)26-25(18(2)31-35-26)30-23-15-24(33-3)17-29-16-23/h5-12,15-17,30H,4,13-14H2,1-3H3. The van der Waals surface area contributed by atoms with Gasteiger partial charge >= 0.3 is 5.97 Å². The molecule has 178 valence electrons. The van der Waals surface area contributed by atoms with Crippen LogP contribution in [0.5, 0.6) is 5.75 Å². The number of hydrogen-bond donors (Lipinski definition) is 1. The number of methoxy groups -OCH3 is 1. The molecule has 2 aromatic heterocycles. The molecule has 4 aromatic rings. The molecule has 2 heterocycles. The first-order chi connectivity index (χ1) is 17.0. The smallest absolute Gasteiger partial charge is 0.316 e. The Kier molecular flexibility index (Phi) is 5.99. The van der Waals surface area contributed by atoms with E-state index in [0.717, 1.165) is 52.2 Å². The third-order valence-corrected chi connectivity index (χ3v) is 6.42. The molecule has 0 atom stereocenters. The highest BCUT2D eigenvalue weighted by Crippen LogP contribution is 2.49. The summed E-state index contributed by atoms with van der Waals surface area (Å²) < 4.78 is 16.2. The van der Waals surface area contributed by atoms with Crippen molar-refractivity contribution in [2.45, 2.75) is 32.1 Å². The number of pyridine rings is 1. The summed E-state index contributed by atoms with van der Waals surface area (Å²) in [5.41, 5.74) is 5.94. The molecule has 1 fully saturated rings. The van der Waals surface area contributed by atoms with E-state index in [-0.39, 0.29) is 5.97 Å². The SMILES string of the molecule is CCOC(=O)C1(c2ccc(-c3ccc(-c4onc(C)c4Nc4cncc(OC)c4)cc3)cc2)CC1. The van der Waals surface area contributed by atoms with E-state index >= 15 is 0 Å². The molecule has 0 bridgehead atoms. The van der Waals surface area contributed by atoms with Crippen molar-refractivity contribution in [3.63, 3.8) is 0 Å². The molecule has 1 saturated carbocycles. The van der Waals surface area contributed by atoms with Gasteiger partial charge in [-0.15, -0.1) is 0 Å². The van der Waals surface area contributed by atoms with Crippen LogP contribution in [0.25, 0.3) is 22.5 Å². The predicted octanol–water partition coefficient (Wildman–Crippen LogP) is 6.06. The van der Waals surface area contributed by atoms with Gasteiger partial charge in [-0.25, -0.2) is 0 Å². The number of aromatic nitrogens is 2. The average Bonchev–Trinajstić information content (AvgIpc) is 3.64.